The summed E-state index contributed by atoms with van der Waals surface area (Å²) in [5.41, 5.74) is 2.56. The summed E-state index contributed by atoms with van der Waals surface area (Å²) >= 11 is 6.13. The Morgan fingerprint density at radius 1 is 1.14 bits per heavy atom. The van der Waals surface area contributed by atoms with Gasteiger partial charge < -0.3 is 4.90 Å². The third kappa shape index (κ3) is 3.75. The average molecular weight is 395 g/mol. The van der Waals surface area contributed by atoms with Crippen molar-refractivity contribution in [2.45, 2.75) is 6.42 Å². The predicted octanol–water partition coefficient (Wildman–Crippen LogP) is 4.07. The number of anilines is 3. The number of halogens is 1. The van der Waals surface area contributed by atoms with Crippen molar-refractivity contribution in [2.24, 2.45) is 0 Å². The zero-order valence-corrected chi connectivity index (χ0v) is 16.1. The average Bonchev–Trinajstić information content (AvgIpc) is 2.87. The van der Waals surface area contributed by atoms with Gasteiger partial charge in [0.25, 0.3) is 0 Å². The van der Waals surface area contributed by atoms with Gasteiger partial charge in [-0.25, -0.2) is 9.78 Å². The first-order chi connectivity index (χ1) is 13.6. The fourth-order valence-electron chi connectivity index (χ4n) is 3.18. The molecule has 1 aliphatic heterocycles. The molecule has 0 unspecified atom stereocenters. The number of nitrogens with zero attached hydrogens (tertiary/aromatic N) is 5. The Labute approximate surface area is 168 Å². The highest BCUT2D eigenvalue weighted by molar-refractivity contribution is 6.30. The molecule has 0 fully saturated rings. The Kier molecular flexibility index (Phi) is 5.08. The van der Waals surface area contributed by atoms with Crippen LogP contribution in [0.3, 0.4) is 0 Å². The number of rotatable bonds is 2. The van der Waals surface area contributed by atoms with Gasteiger partial charge in [-0.2, -0.15) is 5.10 Å². The SMILES string of the molecule is CN1CCCN(C(=O)Nc2cccnn2)c2nc(-c3cccc(Cl)c3)ccc21. The lowest BCUT2D eigenvalue weighted by molar-refractivity contribution is 0.256. The Bertz CT molecular complexity index is 997. The van der Waals surface area contributed by atoms with Crippen LogP contribution in [0, 0.1) is 0 Å². The molecule has 1 aliphatic rings. The van der Waals surface area contributed by atoms with E-state index in [0.29, 0.717) is 23.2 Å². The van der Waals surface area contributed by atoms with Crippen LogP contribution in [-0.4, -0.2) is 41.3 Å². The minimum absolute atomic E-state index is 0.284. The van der Waals surface area contributed by atoms with E-state index in [4.69, 9.17) is 16.6 Å². The standard InChI is InChI=1S/C20H19ClN6O/c1-26-11-4-12-27(20(28)24-18-7-3-10-22-25-18)19-17(26)9-8-16(23-19)14-5-2-6-15(21)13-14/h2-3,5-10,13H,4,11-12H2,1H3,(H,24,25,28). The quantitative estimate of drug-likeness (QED) is 0.709. The van der Waals surface area contributed by atoms with E-state index >= 15 is 0 Å². The highest BCUT2D eigenvalue weighted by atomic mass is 35.5. The molecule has 2 amide bonds. The molecule has 8 heteroatoms. The van der Waals surface area contributed by atoms with E-state index in [9.17, 15) is 4.79 Å². The number of urea groups is 1. The zero-order valence-electron chi connectivity index (χ0n) is 15.3. The molecule has 0 radical (unpaired) electrons. The number of hydrogen-bond acceptors (Lipinski definition) is 5. The molecule has 0 aliphatic carbocycles. The van der Waals surface area contributed by atoms with Crippen LogP contribution in [0.15, 0.2) is 54.7 Å². The lowest BCUT2D eigenvalue weighted by atomic mass is 10.1. The monoisotopic (exact) mass is 394 g/mol. The minimum Gasteiger partial charge on any atom is -0.372 e. The minimum atomic E-state index is -0.284. The molecule has 142 valence electrons. The molecular formula is C20H19ClN6O. The number of pyridine rings is 1. The second-order valence-electron chi connectivity index (χ2n) is 6.52. The van der Waals surface area contributed by atoms with Crippen LogP contribution in [0.2, 0.25) is 5.02 Å². The van der Waals surface area contributed by atoms with Crippen molar-refractivity contribution in [3.8, 4) is 11.3 Å². The summed E-state index contributed by atoms with van der Waals surface area (Å²) in [5.74, 6) is 1.01. The van der Waals surface area contributed by atoms with E-state index < -0.39 is 0 Å². The normalized spacial score (nSPS) is 13.6. The molecule has 1 N–H and O–H groups in total. The highest BCUT2D eigenvalue weighted by Crippen LogP contribution is 2.33. The lowest BCUT2D eigenvalue weighted by Crippen LogP contribution is -2.36. The highest BCUT2D eigenvalue weighted by Gasteiger charge is 2.26. The van der Waals surface area contributed by atoms with Crippen molar-refractivity contribution in [1.29, 1.82) is 0 Å². The van der Waals surface area contributed by atoms with Gasteiger partial charge in [0, 0.05) is 36.9 Å². The van der Waals surface area contributed by atoms with E-state index in [2.05, 4.69) is 20.4 Å². The summed E-state index contributed by atoms with van der Waals surface area (Å²) in [6.07, 6.45) is 2.39. The van der Waals surface area contributed by atoms with Crippen molar-refractivity contribution in [3.63, 3.8) is 0 Å². The van der Waals surface area contributed by atoms with Gasteiger partial charge in [-0.05, 0) is 42.8 Å². The molecule has 0 atom stereocenters. The molecule has 0 spiro atoms. The molecule has 4 rings (SSSR count). The van der Waals surface area contributed by atoms with Crippen LogP contribution in [0.25, 0.3) is 11.3 Å². The van der Waals surface area contributed by atoms with Gasteiger partial charge in [-0.3, -0.25) is 10.2 Å². The van der Waals surface area contributed by atoms with Gasteiger partial charge in [0.05, 0.1) is 11.4 Å². The number of carbonyl (C=O) groups excluding carboxylic acids is 1. The van der Waals surface area contributed by atoms with Gasteiger partial charge in [0.1, 0.15) is 0 Å². The fourth-order valence-corrected chi connectivity index (χ4v) is 3.37. The van der Waals surface area contributed by atoms with Crippen LogP contribution in [0.1, 0.15) is 6.42 Å². The third-order valence-corrected chi connectivity index (χ3v) is 4.80. The van der Waals surface area contributed by atoms with Crippen LogP contribution in [0.4, 0.5) is 22.1 Å². The Balaban J connectivity index is 1.72. The molecule has 28 heavy (non-hydrogen) atoms. The van der Waals surface area contributed by atoms with Gasteiger partial charge in [0.15, 0.2) is 11.6 Å². The first-order valence-corrected chi connectivity index (χ1v) is 9.34. The smallest absolute Gasteiger partial charge is 0.328 e. The molecule has 0 saturated heterocycles. The van der Waals surface area contributed by atoms with Gasteiger partial charge >= 0.3 is 6.03 Å². The van der Waals surface area contributed by atoms with E-state index in [1.54, 1.807) is 23.2 Å². The second-order valence-corrected chi connectivity index (χ2v) is 6.95. The fraction of sp³-hybridized carbons (Fsp3) is 0.200. The number of nitrogens with one attached hydrogen (secondary N) is 1. The molecule has 2 aromatic heterocycles. The Morgan fingerprint density at radius 2 is 2.04 bits per heavy atom. The summed E-state index contributed by atoms with van der Waals surface area (Å²) in [7, 11) is 2.00. The number of hydrogen-bond donors (Lipinski definition) is 1. The van der Waals surface area contributed by atoms with Crippen molar-refractivity contribution in [1.82, 2.24) is 15.2 Å². The lowest BCUT2D eigenvalue weighted by Gasteiger charge is -2.24. The van der Waals surface area contributed by atoms with Crippen LogP contribution in [0.5, 0.6) is 0 Å². The predicted molar refractivity (Wildman–Crippen MR) is 111 cm³/mol. The third-order valence-electron chi connectivity index (χ3n) is 4.57. The van der Waals surface area contributed by atoms with E-state index in [-0.39, 0.29) is 6.03 Å². The summed E-state index contributed by atoms with van der Waals surface area (Å²) in [6, 6.07) is 14.6. The summed E-state index contributed by atoms with van der Waals surface area (Å²) in [6.45, 7) is 1.38. The Hall–Kier alpha value is -3.19. The van der Waals surface area contributed by atoms with Crippen molar-refractivity contribution < 1.29 is 4.79 Å². The molecule has 3 aromatic rings. The maximum absolute atomic E-state index is 13.0. The molecule has 7 nitrogen and oxygen atoms in total. The van der Waals surface area contributed by atoms with Crippen molar-refractivity contribution in [2.75, 3.05) is 35.3 Å². The number of carbonyl (C=O) groups is 1. The first-order valence-electron chi connectivity index (χ1n) is 8.96. The molecule has 0 bridgehead atoms. The summed E-state index contributed by atoms with van der Waals surface area (Å²) in [5, 5.41) is 11.2. The number of amides is 2. The van der Waals surface area contributed by atoms with Crippen LogP contribution < -0.4 is 15.1 Å². The number of aromatic nitrogens is 3. The Morgan fingerprint density at radius 3 is 2.82 bits per heavy atom. The maximum Gasteiger partial charge on any atom is 0.328 e. The first kappa shape index (κ1) is 18.2. The van der Waals surface area contributed by atoms with Gasteiger partial charge in [-0.1, -0.05) is 23.7 Å². The van der Waals surface area contributed by atoms with Crippen LogP contribution >= 0.6 is 11.6 Å². The molecule has 3 heterocycles. The largest absolute Gasteiger partial charge is 0.372 e. The van der Waals surface area contributed by atoms with Crippen molar-refractivity contribution >= 4 is 35.0 Å². The molecule has 1 aromatic carbocycles. The van der Waals surface area contributed by atoms with Crippen molar-refractivity contribution in [3.05, 3.63) is 59.8 Å². The molecule has 0 saturated carbocycles. The number of benzene rings is 1. The van der Waals surface area contributed by atoms with Crippen LogP contribution in [-0.2, 0) is 0 Å². The van der Waals surface area contributed by atoms with E-state index in [1.807, 2.05) is 43.4 Å². The zero-order chi connectivity index (χ0) is 19.5. The van der Waals surface area contributed by atoms with Gasteiger partial charge in [0.2, 0.25) is 0 Å². The topological polar surface area (TPSA) is 74.2 Å². The van der Waals surface area contributed by atoms with E-state index in [0.717, 1.165) is 29.9 Å². The van der Waals surface area contributed by atoms with Gasteiger partial charge in [-0.15, -0.1) is 5.10 Å². The maximum atomic E-state index is 13.0. The van der Waals surface area contributed by atoms with E-state index in [1.165, 1.54) is 0 Å². The summed E-state index contributed by atoms with van der Waals surface area (Å²) < 4.78 is 0. The molecular weight excluding hydrogens is 376 g/mol. The number of fused-ring (bicyclic) bond motifs is 1. The summed E-state index contributed by atoms with van der Waals surface area (Å²) in [4.78, 5) is 21.5. The second kappa shape index (κ2) is 7.82.